The highest BCUT2D eigenvalue weighted by Crippen LogP contribution is 2.20. The summed E-state index contributed by atoms with van der Waals surface area (Å²) in [5, 5.41) is 0. The predicted octanol–water partition coefficient (Wildman–Crippen LogP) is 0.938. The second kappa shape index (κ2) is 4.20. The molecule has 0 amide bonds. The lowest BCUT2D eigenvalue weighted by Crippen LogP contribution is -2.59. The maximum Gasteiger partial charge on any atom is 0.360 e. The SMILES string of the molecule is CCO[Si]1(C)CO[Si](C)(OC)CO1. The van der Waals surface area contributed by atoms with E-state index in [0.717, 1.165) is 0 Å². The van der Waals surface area contributed by atoms with E-state index in [4.69, 9.17) is 17.7 Å². The van der Waals surface area contributed by atoms with Gasteiger partial charge in [0.2, 0.25) is 0 Å². The van der Waals surface area contributed by atoms with Gasteiger partial charge >= 0.3 is 17.1 Å². The van der Waals surface area contributed by atoms with E-state index < -0.39 is 17.1 Å². The topological polar surface area (TPSA) is 36.9 Å². The molecule has 1 aliphatic rings. The van der Waals surface area contributed by atoms with E-state index >= 15 is 0 Å². The third-order valence-electron chi connectivity index (χ3n) is 2.16. The fraction of sp³-hybridized carbons (Fsp3) is 1.00. The van der Waals surface area contributed by atoms with Crippen LogP contribution in [0.4, 0.5) is 0 Å². The largest absolute Gasteiger partial charge is 0.396 e. The average Bonchev–Trinajstić information content (AvgIpc) is 2.12. The van der Waals surface area contributed by atoms with Crippen LogP contribution in [0.3, 0.4) is 0 Å². The fourth-order valence-electron chi connectivity index (χ4n) is 1.16. The van der Waals surface area contributed by atoms with Crippen molar-refractivity contribution in [2.75, 3.05) is 26.2 Å². The van der Waals surface area contributed by atoms with Gasteiger partial charge < -0.3 is 17.7 Å². The first-order chi connectivity index (χ1) is 6.04. The molecule has 0 aliphatic carbocycles. The van der Waals surface area contributed by atoms with Gasteiger partial charge in [0.05, 0.1) is 12.5 Å². The molecule has 1 heterocycles. The molecule has 0 radical (unpaired) electrons. The monoisotopic (exact) mass is 222 g/mol. The highest BCUT2D eigenvalue weighted by Gasteiger charge is 2.45. The molecule has 0 N–H and O–H groups in total. The van der Waals surface area contributed by atoms with Crippen molar-refractivity contribution < 1.29 is 17.7 Å². The second-order valence-electron chi connectivity index (χ2n) is 3.48. The van der Waals surface area contributed by atoms with Crippen molar-refractivity contribution in [3.8, 4) is 0 Å². The predicted molar refractivity (Wildman–Crippen MR) is 53.8 cm³/mol. The van der Waals surface area contributed by atoms with Gasteiger partial charge in [-0.2, -0.15) is 0 Å². The molecule has 0 bridgehead atoms. The molecule has 2 atom stereocenters. The number of rotatable bonds is 3. The summed E-state index contributed by atoms with van der Waals surface area (Å²) in [6, 6.07) is 0. The van der Waals surface area contributed by atoms with E-state index in [9.17, 15) is 0 Å². The Hall–Kier alpha value is 0.274. The third-order valence-corrected chi connectivity index (χ3v) is 7.35. The summed E-state index contributed by atoms with van der Waals surface area (Å²) < 4.78 is 22.3. The van der Waals surface area contributed by atoms with E-state index in [-0.39, 0.29) is 0 Å². The van der Waals surface area contributed by atoms with Crippen molar-refractivity contribution in [3.05, 3.63) is 0 Å². The van der Waals surface area contributed by atoms with E-state index in [1.807, 2.05) is 20.0 Å². The molecular weight excluding hydrogens is 204 g/mol. The summed E-state index contributed by atoms with van der Waals surface area (Å²) in [4.78, 5) is 0. The zero-order valence-electron chi connectivity index (χ0n) is 8.75. The normalized spacial score (nSPS) is 40.6. The minimum atomic E-state index is -2.01. The van der Waals surface area contributed by atoms with Crippen LogP contribution in [-0.2, 0) is 17.7 Å². The van der Waals surface area contributed by atoms with Gasteiger partial charge in [-0.3, -0.25) is 0 Å². The molecular formula is C7H18O4Si2. The van der Waals surface area contributed by atoms with Gasteiger partial charge in [-0.05, 0) is 20.0 Å². The lowest BCUT2D eigenvalue weighted by Gasteiger charge is -2.38. The van der Waals surface area contributed by atoms with Crippen molar-refractivity contribution in [1.82, 2.24) is 0 Å². The molecule has 78 valence electrons. The molecule has 0 aromatic carbocycles. The van der Waals surface area contributed by atoms with Crippen LogP contribution in [0.25, 0.3) is 0 Å². The van der Waals surface area contributed by atoms with Crippen molar-refractivity contribution in [1.29, 1.82) is 0 Å². The third kappa shape index (κ3) is 2.86. The van der Waals surface area contributed by atoms with Crippen LogP contribution in [0.1, 0.15) is 6.92 Å². The molecule has 0 aromatic heterocycles. The van der Waals surface area contributed by atoms with Crippen molar-refractivity contribution >= 4 is 17.1 Å². The van der Waals surface area contributed by atoms with Gasteiger partial charge in [0.15, 0.2) is 0 Å². The van der Waals surface area contributed by atoms with Gasteiger partial charge in [0.25, 0.3) is 0 Å². The summed E-state index contributed by atoms with van der Waals surface area (Å²) >= 11 is 0. The Labute approximate surface area is 81.6 Å². The lowest BCUT2D eigenvalue weighted by molar-refractivity contribution is 0.102. The van der Waals surface area contributed by atoms with Crippen molar-refractivity contribution in [2.24, 2.45) is 0 Å². The molecule has 13 heavy (non-hydrogen) atoms. The molecule has 1 aliphatic heterocycles. The molecule has 4 nitrogen and oxygen atoms in total. The highest BCUT2D eigenvalue weighted by atomic mass is 28.4. The van der Waals surface area contributed by atoms with Crippen LogP contribution in [0.5, 0.6) is 0 Å². The Morgan fingerprint density at radius 3 is 2.08 bits per heavy atom. The Morgan fingerprint density at radius 1 is 1.15 bits per heavy atom. The minimum absolute atomic E-state index is 0.590. The molecule has 1 saturated heterocycles. The van der Waals surface area contributed by atoms with Crippen LogP contribution in [0.2, 0.25) is 13.1 Å². The van der Waals surface area contributed by atoms with Gasteiger partial charge in [-0.25, -0.2) is 0 Å². The van der Waals surface area contributed by atoms with E-state index in [0.29, 0.717) is 19.1 Å². The van der Waals surface area contributed by atoms with Crippen LogP contribution in [-0.4, -0.2) is 43.3 Å². The average molecular weight is 222 g/mol. The van der Waals surface area contributed by atoms with Gasteiger partial charge in [0.1, 0.15) is 0 Å². The highest BCUT2D eigenvalue weighted by molar-refractivity contribution is 6.73. The Balaban J connectivity index is 2.46. The molecule has 2 unspecified atom stereocenters. The molecule has 6 heteroatoms. The minimum Gasteiger partial charge on any atom is -0.396 e. The van der Waals surface area contributed by atoms with Crippen molar-refractivity contribution in [3.63, 3.8) is 0 Å². The second-order valence-corrected chi connectivity index (χ2v) is 9.87. The van der Waals surface area contributed by atoms with Crippen LogP contribution in [0, 0.1) is 0 Å². The quantitative estimate of drug-likeness (QED) is 0.666. The molecule has 0 spiro atoms. The van der Waals surface area contributed by atoms with Crippen LogP contribution >= 0.6 is 0 Å². The summed E-state index contributed by atoms with van der Waals surface area (Å²) in [7, 11) is -2.32. The molecule has 0 saturated carbocycles. The zero-order valence-corrected chi connectivity index (χ0v) is 10.8. The van der Waals surface area contributed by atoms with E-state index in [2.05, 4.69) is 0 Å². The molecule has 1 fully saturated rings. The summed E-state index contributed by atoms with van der Waals surface area (Å²) in [5.41, 5.74) is 0. The van der Waals surface area contributed by atoms with Crippen LogP contribution in [0.15, 0.2) is 0 Å². The first kappa shape index (κ1) is 11.3. The van der Waals surface area contributed by atoms with Gasteiger partial charge in [-0.1, -0.05) is 0 Å². The van der Waals surface area contributed by atoms with Gasteiger partial charge in [0, 0.05) is 13.7 Å². The Morgan fingerprint density at radius 2 is 1.69 bits per heavy atom. The first-order valence-corrected chi connectivity index (χ1v) is 9.55. The smallest absolute Gasteiger partial charge is 0.360 e. The van der Waals surface area contributed by atoms with E-state index in [1.165, 1.54) is 0 Å². The fourth-order valence-corrected chi connectivity index (χ4v) is 6.88. The Bertz CT molecular complexity index is 168. The number of hydrogen-bond donors (Lipinski definition) is 0. The summed E-state index contributed by atoms with van der Waals surface area (Å²) in [6.07, 6.45) is 1.18. The lowest BCUT2D eigenvalue weighted by atomic mass is 10.9. The van der Waals surface area contributed by atoms with Crippen LogP contribution < -0.4 is 0 Å². The first-order valence-electron chi connectivity index (χ1n) is 4.50. The maximum absolute atomic E-state index is 5.74. The summed E-state index contributed by atoms with van der Waals surface area (Å²) in [5.74, 6) is 0. The zero-order chi connectivity index (χ0) is 9.95. The van der Waals surface area contributed by atoms with E-state index in [1.54, 1.807) is 7.11 Å². The standard InChI is InChI=1S/C7H18O4Si2/c1-5-9-13(4)7-10-12(3,8-2)6-11-13/h5-7H2,1-4H3. The molecule has 0 aromatic rings. The Kier molecular flexibility index (Phi) is 3.67. The van der Waals surface area contributed by atoms with Gasteiger partial charge in [-0.15, -0.1) is 0 Å². The van der Waals surface area contributed by atoms with Crippen molar-refractivity contribution in [2.45, 2.75) is 20.0 Å². The molecule has 1 rings (SSSR count). The maximum atomic E-state index is 5.74. The summed E-state index contributed by atoms with van der Waals surface area (Å²) in [6.45, 7) is 6.70. The number of hydrogen-bond acceptors (Lipinski definition) is 4.